The predicted molar refractivity (Wildman–Crippen MR) is 83.3 cm³/mol. The Kier molecular flexibility index (Phi) is 7.36. The van der Waals surface area contributed by atoms with Gasteiger partial charge >= 0.3 is 0 Å². The number of carbonyl (C=O) groups is 1. The molecule has 0 aliphatic heterocycles. The summed E-state index contributed by atoms with van der Waals surface area (Å²) in [6.45, 7) is 4.19. The van der Waals surface area contributed by atoms with Crippen LogP contribution in [0, 0.1) is 0 Å². The van der Waals surface area contributed by atoms with Crippen LogP contribution in [0.1, 0.15) is 17.5 Å². The molecule has 114 valence electrons. The highest BCUT2D eigenvalue weighted by molar-refractivity contribution is 5.91. The number of likely N-dealkylation sites (N-methyl/N-ethyl adjacent to an activating group) is 1. The lowest BCUT2D eigenvalue weighted by molar-refractivity contribution is 0.0921. The highest BCUT2D eigenvalue weighted by atomic mass is 35.5. The minimum atomic E-state index is -0.245. The Hall–Kier alpha value is -1.98. The second kappa shape index (κ2) is 9.05. The molecule has 6 heteroatoms. The molecule has 0 aliphatic rings. The SMILES string of the molecule is CCNCCNC(=O)c1ccc(Oc2ccccc2)o1.Cl. The lowest BCUT2D eigenvalue weighted by Gasteiger charge is -2.03. The molecule has 1 aromatic carbocycles. The Morgan fingerprint density at radius 3 is 2.62 bits per heavy atom. The van der Waals surface area contributed by atoms with Gasteiger partial charge in [0.1, 0.15) is 5.75 Å². The van der Waals surface area contributed by atoms with Gasteiger partial charge in [0.05, 0.1) is 0 Å². The van der Waals surface area contributed by atoms with Gasteiger partial charge in [-0.05, 0) is 24.7 Å². The van der Waals surface area contributed by atoms with Crippen LogP contribution >= 0.6 is 12.4 Å². The van der Waals surface area contributed by atoms with E-state index in [0.717, 1.165) is 13.1 Å². The Labute approximate surface area is 130 Å². The van der Waals surface area contributed by atoms with Gasteiger partial charge in [-0.1, -0.05) is 25.1 Å². The second-order valence-electron chi connectivity index (χ2n) is 4.14. The number of para-hydroxylation sites is 1. The first-order chi connectivity index (χ1) is 9.79. The highest BCUT2D eigenvalue weighted by Crippen LogP contribution is 2.23. The van der Waals surface area contributed by atoms with Gasteiger partial charge in [-0.3, -0.25) is 4.79 Å². The van der Waals surface area contributed by atoms with Crippen LogP contribution in [-0.2, 0) is 0 Å². The molecule has 0 fully saturated rings. The number of furan rings is 1. The summed E-state index contributed by atoms with van der Waals surface area (Å²) in [5.41, 5.74) is 0. The average Bonchev–Trinajstić information content (AvgIpc) is 2.93. The Balaban J connectivity index is 0.00000220. The Bertz CT molecular complexity index is 543. The number of amides is 1. The first-order valence-electron chi connectivity index (χ1n) is 6.61. The molecule has 1 heterocycles. The fraction of sp³-hybridized carbons (Fsp3) is 0.267. The quantitative estimate of drug-likeness (QED) is 0.772. The minimum absolute atomic E-state index is 0. The van der Waals surface area contributed by atoms with E-state index in [1.54, 1.807) is 12.1 Å². The largest absolute Gasteiger partial charge is 0.426 e. The summed E-state index contributed by atoms with van der Waals surface area (Å²) in [6, 6.07) is 12.5. The zero-order valence-electron chi connectivity index (χ0n) is 11.8. The number of nitrogens with one attached hydrogen (secondary N) is 2. The molecule has 0 aliphatic carbocycles. The van der Waals surface area contributed by atoms with Crippen LogP contribution in [0.4, 0.5) is 0 Å². The molecule has 21 heavy (non-hydrogen) atoms. The standard InChI is InChI=1S/C15H18N2O3.ClH/c1-2-16-10-11-17-15(18)13-8-9-14(20-13)19-12-6-4-3-5-7-12;/h3-9,16H,2,10-11H2,1H3,(H,17,18);1H. The maximum absolute atomic E-state index is 11.8. The molecule has 2 N–H and O–H groups in total. The van der Waals surface area contributed by atoms with E-state index in [9.17, 15) is 4.79 Å². The lowest BCUT2D eigenvalue weighted by Crippen LogP contribution is -2.31. The van der Waals surface area contributed by atoms with E-state index in [1.165, 1.54) is 0 Å². The Morgan fingerprint density at radius 2 is 1.90 bits per heavy atom. The fourth-order valence-electron chi connectivity index (χ4n) is 1.63. The fourth-order valence-corrected chi connectivity index (χ4v) is 1.63. The number of rotatable bonds is 7. The summed E-state index contributed by atoms with van der Waals surface area (Å²) in [4.78, 5) is 11.8. The van der Waals surface area contributed by atoms with Crippen molar-refractivity contribution in [2.45, 2.75) is 6.92 Å². The van der Waals surface area contributed by atoms with E-state index in [1.807, 2.05) is 37.3 Å². The van der Waals surface area contributed by atoms with Crippen molar-refractivity contribution in [2.75, 3.05) is 19.6 Å². The molecule has 0 saturated heterocycles. The van der Waals surface area contributed by atoms with Crippen LogP contribution in [-0.4, -0.2) is 25.5 Å². The van der Waals surface area contributed by atoms with Gasteiger partial charge in [0, 0.05) is 19.2 Å². The molecule has 2 aromatic rings. The monoisotopic (exact) mass is 310 g/mol. The summed E-state index contributed by atoms with van der Waals surface area (Å²) in [7, 11) is 0. The molecular formula is C15H19ClN2O3. The third-order valence-corrected chi connectivity index (χ3v) is 2.60. The summed E-state index contributed by atoms with van der Waals surface area (Å²) < 4.78 is 10.8. The van der Waals surface area contributed by atoms with Gasteiger partial charge in [0.25, 0.3) is 11.9 Å². The first kappa shape index (κ1) is 17.1. The van der Waals surface area contributed by atoms with Crippen molar-refractivity contribution in [3.8, 4) is 11.7 Å². The smallest absolute Gasteiger partial charge is 0.290 e. The molecule has 0 radical (unpaired) electrons. The Morgan fingerprint density at radius 1 is 1.14 bits per heavy atom. The summed E-state index contributed by atoms with van der Waals surface area (Å²) >= 11 is 0. The van der Waals surface area contributed by atoms with Gasteiger partial charge in [0.2, 0.25) is 0 Å². The number of carbonyl (C=O) groups excluding carboxylic acids is 1. The normalized spacial score (nSPS) is 9.76. The summed E-state index contributed by atoms with van der Waals surface area (Å²) in [5.74, 6) is 0.965. The molecule has 0 bridgehead atoms. The van der Waals surface area contributed by atoms with Crippen LogP contribution in [0.3, 0.4) is 0 Å². The molecule has 0 unspecified atom stereocenters. The summed E-state index contributed by atoms with van der Waals surface area (Å²) in [6.07, 6.45) is 0. The van der Waals surface area contributed by atoms with E-state index in [-0.39, 0.29) is 24.1 Å². The van der Waals surface area contributed by atoms with Crippen LogP contribution in [0.25, 0.3) is 0 Å². The second-order valence-corrected chi connectivity index (χ2v) is 4.14. The molecular weight excluding hydrogens is 292 g/mol. The van der Waals surface area contributed by atoms with Gasteiger partial charge in [0.15, 0.2) is 5.76 Å². The number of ether oxygens (including phenoxy) is 1. The molecule has 0 saturated carbocycles. The maximum atomic E-state index is 11.8. The molecule has 0 atom stereocenters. The van der Waals surface area contributed by atoms with Gasteiger partial charge in [-0.15, -0.1) is 12.4 Å². The van der Waals surface area contributed by atoms with Crippen molar-refractivity contribution < 1.29 is 13.9 Å². The van der Waals surface area contributed by atoms with E-state index >= 15 is 0 Å². The van der Waals surface area contributed by atoms with Crippen LogP contribution in [0.5, 0.6) is 11.7 Å². The van der Waals surface area contributed by atoms with Crippen LogP contribution in [0.15, 0.2) is 46.9 Å². The predicted octanol–water partition coefficient (Wildman–Crippen LogP) is 2.83. The lowest BCUT2D eigenvalue weighted by atomic mass is 10.3. The highest BCUT2D eigenvalue weighted by Gasteiger charge is 2.11. The molecule has 5 nitrogen and oxygen atoms in total. The van der Waals surface area contributed by atoms with E-state index in [4.69, 9.17) is 9.15 Å². The zero-order valence-corrected chi connectivity index (χ0v) is 12.6. The van der Waals surface area contributed by atoms with Gasteiger partial charge in [-0.25, -0.2) is 0 Å². The van der Waals surface area contributed by atoms with E-state index in [0.29, 0.717) is 18.2 Å². The maximum Gasteiger partial charge on any atom is 0.290 e. The van der Waals surface area contributed by atoms with Crippen molar-refractivity contribution >= 4 is 18.3 Å². The topological polar surface area (TPSA) is 63.5 Å². The average molecular weight is 311 g/mol. The summed E-state index contributed by atoms with van der Waals surface area (Å²) in [5, 5.41) is 5.88. The van der Waals surface area contributed by atoms with Gasteiger partial charge < -0.3 is 19.8 Å². The third kappa shape index (κ3) is 5.49. The van der Waals surface area contributed by atoms with Crippen molar-refractivity contribution in [2.24, 2.45) is 0 Å². The number of halogens is 1. The minimum Gasteiger partial charge on any atom is -0.426 e. The third-order valence-electron chi connectivity index (χ3n) is 2.60. The first-order valence-corrected chi connectivity index (χ1v) is 6.61. The molecule has 0 spiro atoms. The molecule has 2 rings (SSSR count). The number of hydrogen-bond donors (Lipinski definition) is 2. The van der Waals surface area contributed by atoms with Crippen molar-refractivity contribution in [3.63, 3.8) is 0 Å². The van der Waals surface area contributed by atoms with Crippen LogP contribution < -0.4 is 15.4 Å². The van der Waals surface area contributed by atoms with E-state index in [2.05, 4.69) is 10.6 Å². The molecule has 1 amide bonds. The molecule has 1 aromatic heterocycles. The van der Waals surface area contributed by atoms with Crippen LogP contribution in [0.2, 0.25) is 0 Å². The van der Waals surface area contributed by atoms with Crippen molar-refractivity contribution in [1.82, 2.24) is 10.6 Å². The van der Waals surface area contributed by atoms with Crippen molar-refractivity contribution in [3.05, 3.63) is 48.2 Å². The van der Waals surface area contributed by atoms with Crippen molar-refractivity contribution in [1.29, 1.82) is 0 Å². The number of hydrogen-bond acceptors (Lipinski definition) is 4. The zero-order chi connectivity index (χ0) is 14.2. The van der Waals surface area contributed by atoms with E-state index < -0.39 is 0 Å². The van der Waals surface area contributed by atoms with Gasteiger partial charge in [-0.2, -0.15) is 0 Å². The number of benzene rings is 1.